The molecule has 0 radical (unpaired) electrons. The minimum atomic E-state index is -0.628. The first kappa shape index (κ1) is 23.5. The topological polar surface area (TPSA) is 142 Å². The summed E-state index contributed by atoms with van der Waals surface area (Å²) < 4.78 is 7.14. The third kappa shape index (κ3) is 4.69. The van der Waals surface area contributed by atoms with Crippen LogP contribution in [0, 0.1) is 0 Å². The number of nitrogens with one attached hydrogen (secondary N) is 1. The van der Waals surface area contributed by atoms with Crippen molar-refractivity contribution in [1.29, 1.82) is 0 Å². The van der Waals surface area contributed by atoms with Crippen LogP contribution in [0.3, 0.4) is 0 Å². The standard InChI is InChI=1S/C25H32N6O3/c1-15(2)31-23(26)21(24(27)33)22(29-31)17-9-7-16(8-10-17)13-20(32)28-19-14-18(34-30-19)25(3)11-5-4-6-12-25/h7-10,14-15H,4-6,11-13,26H2,1-3H3,(H2,27,33)(H,28,30,32). The summed E-state index contributed by atoms with van der Waals surface area (Å²) in [5, 5.41) is 11.4. The number of carbonyl (C=O) groups excluding carboxylic acids is 2. The van der Waals surface area contributed by atoms with Crippen LogP contribution in [-0.2, 0) is 16.6 Å². The average Bonchev–Trinajstić information content (AvgIpc) is 3.40. The molecular formula is C25H32N6O3. The number of nitrogens with two attached hydrogens (primary N) is 2. The third-order valence-corrected chi connectivity index (χ3v) is 6.60. The number of hydrogen-bond acceptors (Lipinski definition) is 6. The first-order chi connectivity index (χ1) is 16.2. The van der Waals surface area contributed by atoms with Gasteiger partial charge in [-0.25, -0.2) is 4.68 Å². The third-order valence-electron chi connectivity index (χ3n) is 6.60. The lowest BCUT2D eigenvalue weighted by Crippen LogP contribution is -2.24. The number of hydrogen-bond donors (Lipinski definition) is 3. The molecule has 0 aliphatic heterocycles. The van der Waals surface area contributed by atoms with E-state index in [1.165, 1.54) is 19.3 Å². The SMILES string of the molecule is CC(C)n1nc(-c2ccc(CC(=O)Nc3cc(C4(C)CCCCC4)on3)cc2)c(C(N)=O)c1N. The molecule has 0 saturated heterocycles. The van der Waals surface area contributed by atoms with E-state index in [2.05, 4.69) is 22.5 Å². The molecule has 180 valence electrons. The second-order valence-corrected chi connectivity index (χ2v) is 9.63. The van der Waals surface area contributed by atoms with E-state index >= 15 is 0 Å². The van der Waals surface area contributed by atoms with E-state index in [0.29, 0.717) is 17.1 Å². The van der Waals surface area contributed by atoms with Gasteiger partial charge in [-0.1, -0.05) is 55.6 Å². The van der Waals surface area contributed by atoms with E-state index in [4.69, 9.17) is 16.0 Å². The number of anilines is 2. The molecule has 34 heavy (non-hydrogen) atoms. The van der Waals surface area contributed by atoms with Crippen molar-refractivity contribution >= 4 is 23.5 Å². The first-order valence-corrected chi connectivity index (χ1v) is 11.7. The van der Waals surface area contributed by atoms with Crippen LogP contribution in [0.25, 0.3) is 11.3 Å². The van der Waals surface area contributed by atoms with Gasteiger partial charge in [-0.05, 0) is 32.3 Å². The molecule has 0 atom stereocenters. The van der Waals surface area contributed by atoms with Crippen LogP contribution in [-0.4, -0.2) is 26.8 Å². The second-order valence-electron chi connectivity index (χ2n) is 9.63. The number of nitrogen functional groups attached to an aromatic ring is 1. The fraction of sp³-hybridized carbons (Fsp3) is 0.440. The molecule has 1 aromatic carbocycles. The van der Waals surface area contributed by atoms with Gasteiger partial charge >= 0.3 is 0 Å². The Morgan fingerprint density at radius 2 is 1.85 bits per heavy atom. The summed E-state index contributed by atoms with van der Waals surface area (Å²) in [4.78, 5) is 24.6. The molecule has 2 heterocycles. The van der Waals surface area contributed by atoms with Gasteiger partial charge in [-0.2, -0.15) is 5.10 Å². The minimum Gasteiger partial charge on any atom is -0.383 e. The summed E-state index contributed by atoms with van der Waals surface area (Å²) >= 11 is 0. The van der Waals surface area contributed by atoms with E-state index in [9.17, 15) is 9.59 Å². The van der Waals surface area contributed by atoms with E-state index in [1.54, 1.807) is 16.8 Å². The van der Waals surface area contributed by atoms with E-state index in [-0.39, 0.29) is 35.2 Å². The molecule has 0 spiro atoms. The summed E-state index contributed by atoms with van der Waals surface area (Å²) in [7, 11) is 0. The lowest BCUT2D eigenvalue weighted by atomic mass is 9.74. The van der Waals surface area contributed by atoms with Crippen LogP contribution < -0.4 is 16.8 Å². The van der Waals surface area contributed by atoms with Crippen LogP contribution in [0.15, 0.2) is 34.9 Å². The van der Waals surface area contributed by atoms with Crippen LogP contribution in [0.2, 0.25) is 0 Å². The first-order valence-electron chi connectivity index (χ1n) is 11.7. The van der Waals surface area contributed by atoms with Gasteiger partial charge in [0, 0.05) is 23.1 Å². The lowest BCUT2D eigenvalue weighted by Gasteiger charge is -2.30. The van der Waals surface area contributed by atoms with Gasteiger partial charge in [0.1, 0.15) is 22.8 Å². The van der Waals surface area contributed by atoms with Crippen molar-refractivity contribution in [3.05, 3.63) is 47.2 Å². The molecule has 2 amide bonds. The summed E-state index contributed by atoms with van der Waals surface area (Å²) in [6.45, 7) is 6.04. The number of amides is 2. The van der Waals surface area contributed by atoms with Crippen LogP contribution in [0.5, 0.6) is 0 Å². The molecule has 1 aliphatic rings. The van der Waals surface area contributed by atoms with Crippen molar-refractivity contribution in [1.82, 2.24) is 14.9 Å². The Morgan fingerprint density at radius 3 is 2.47 bits per heavy atom. The fourth-order valence-corrected chi connectivity index (χ4v) is 4.64. The van der Waals surface area contributed by atoms with Crippen LogP contribution in [0.4, 0.5) is 11.6 Å². The Bertz CT molecular complexity index is 1190. The Balaban J connectivity index is 1.44. The Kier molecular flexibility index (Phi) is 6.45. The highest BCUT2D eigenvalue weighted by molar-refractivity contribution is 6.03. The van der Waals surface area contributed by atoms with Gasteiger partial charge in [0.05, 0.1) is 6.42 Å². The molecule has 1 aliphatic carbocycles. The van der Waals surface area contributed by atoms with Gasteiger partial charge in [0.25, 0.3) is 5.91 Å². The maximum Gasteiger partial charge on any atom is 0.254 e. The smallest absolute Gasteiger partial charge is 0.254 e. The molecule has 1 fully saturated rings. The predicted octanol–water partition coefficient (Wildman–Crippen LogP) is 4.20. The lowest BCUT2D eigenvalue weighted by molar-refractivity contribution is -0.115. The molecule has 4 rings (SSSR count). The van der Waals surface area contributed by atoms with Gasteiger partial charge < -0.3 is 21.3 Å². The fourth-order valence-electron chi connectivity index (χ4n) is 4.64. The highest BCUT2D eigenvalue weighted by Crippen LogP contribution is 2.39. The van der Waals surface area contributed by atoms with Gasteiger partial charge in [-0.3, -0.25) is 9.59 Å². The summed E-state index contributed by atoms with van der Waals surface area (Å²) in [6, 6.07) is 9.07. The molecule has 0 unspecified atom stereocenters. The zero-order chi connectivity index (χ0) is 24.5. The molecule has 0 bridgehead atoms. The Labute approximate surface area is 198 Å². The zero-order valence-corrected chi connectivity index (χ0v) is 19.9. The highest BCUT2D eigenvalue weighted by Gasteiger charge is 2.33. The number of primary amides is 1. The van der Waals surface area contributed by atoms with E-state index < -0.39 is 5.91 Å². The zero-order valence-electron chi connectivity index (χ0n) is 19.9. The Morgan fingerprint density at radius 1 is 1.18 bits per heavy atom. The predicted molar refractivity (Wildman–Crippen MR) is 130 cm³/mol. The van der Waals surface area contributed by atoms with Crippen molar-refractivity contribution in [3.63, 3.8) is 0 Å². The molecule has 2 aromatic heterocycles. The van der Waals surface area contributed by atoms with E-state index in [1.807, 2.05) is 32.0 Å². The Hall–Kier alpha value is -3.62. The summed E-state index contributed by atoms with van der Waals surface area (Å²) in [5.74, 6) is 0.695. The van der Waals surface area contributed by atoms with Crippen molar-refractivity contribution < 1.29 is 14.1 Å². The number of aromatic nitrogens is 3. The van der Waals surface area contributed by atoms with Gasteiger partial charge in [0.2, 0.25) is 5.91 Å². The molecule has 9 nitrogen and oxygen atoms in total. The van der Waals surface area contributed by atoms with E-state index in [0.717, 1.165) is 24.2 Å². The average molecular weight is 465 g/mol. The highest BCUT2D eigenvalue weighted by atomic mass is 16.5. The van der Waals surface area contributed by atoms with Crippen molar-refractivity contribution in [3.8, 4) is 11.3 Å². The monoisotopic (exact) mass is 464 g/mol. The summed E-state index contributed by atoms with van der Waals surface area (Å²) in [5.41, 5.74) is 13.8. The van der Waals surface area contributed by atoms with Crippen molar-refractivity contribution in [2.24, 2.45) is 5.73 Å². The maximum absolute atomic E-state index is 12.6. The van der Waals surface area contributed by atoms with Crippen molar-refractivity contribution in [2.75, 3.05) is 11.1 Å². The summed E-state index contributed by atoms with van der Waals surface area (Å²) in [6.07, 6.45) is 5.93. The van der Waals surface area contributed by atoms with Gasteiger partial charge in [0.15, 0.2) is 5.82 Å². The molecule has 1 saturated carbocycles. The largest absolute Gasteiger partial charge is 0.383 e. The second kappa shape index (κ2) is 9.32. The molecular weight excluding hydrogens is 432 g/mol. The maximum atomic E-state index is 12.6. The van der Waals surface area contributed by atoms with Crippen LogP contribution in [0.1, 0.15) is 80.6 Å². The van der Waals surface area contributed by atoms with Crippen molar-refractivity contribution in [2.45, 2.75) is 70.8 Å². The normalized spacial score (nSPS) is 15.4. The van der Waals surface area contributed by atoms with Gasteiger partial charge in [-0.15, -0.1) is 0 Å². The minimum absolute atomic E-state index is 0.0141. The number of rotatable bonds is 7. The molecule has 9 heteroatoms. The van der Waals surface area contributed by atoms with Crippen LogP contribution >= 0.6 is 0 Å². The number of benzene rings is 1. The number of nitrogens with zero attached hydrogens (tertiary/aromatic N) is 3. The number of carbonyl (C=O) groups is 2. The molecule has 5 N–H and O–H groups in total. The quantitative estimate of drug-likeness (QED) is 0.478. The molecule has 3 aromatic rings.